The van der Waals surface area contributed by atoms with Crippen LogP contribution in [0.15, 0.2) is 0 Å². The topological polar surface area (TPSA) is 38.8 Å². The van der Waals surface area contributed by atoms with Crippen molar-refractivity contribution in [1.29, 1.82) is 0 Å². The molecule has 0 bridgehead atoms. The molecule has 1 aliphatic rings. The Hall–Kier alpha value is -0.320. The maximum atomic E-state index is 11.7. The van der Waals surface area contributed by atoms with Gasteiger partial charge in [0, 0.05) is 45.0 Å². The molecule has 0 spiro atoms. The number of halogens is 1. The van der Waals surface area contributed by atoms with Crippen molar-refractivity contribution < 1.29 is 14.3 Å². The van der Waals surface area contributed by atoms with Gasteiger partial charge < -0.3 is 14.4 Å². The molecule has 5 heteroatoms. The van der Waals surface area contributed by atoms with Gasteiger partial charge in [-0.05, 0) is 26.2 Å². The minimum absolute atomic E-state index is 0.137. The molecule has 1 amide bonds. The first-order valence-electron chi connectivity index (χ1n) is 6.78. The van der Waals surface area contributed by atoms with E-state index in [0.29, 0.717) is 31.4 Å². The first kappa shape index (κ1) is 15.7. The standard InChI is InChI=1S/C13H24ClNO3/c1-3-17-13(18-4-2)6-5-7-15-10-11(9-14)8-12(15)16/h11,13H,3-10H2,1-2H3. The zero-order chi connectivity index (χ0) is 13.4. The summed E-state index contributed by atoms with van der Waals surface area (Å²) in [5.41, 5.74) is 0. The van der Waals surface area contributed by atoms with Crippen molar-refractivity contribution in [3.8, 4) is 0 Å². The number of nitrogens with zero attached hydrogens (tertiary/aromatic N) is 1. The lowest BCUT2D eigenvalue weighted by Gasteiger charge is -2.20. The first-order chi connectivity index (χ1) is 8.71. The Morgan fingerprint density at radius 1 is 1.39 bits per heavy atom. The molecule has 1 saturated heterocycles. The highest BCUT2D eigenvalue weighted by atomic mass is 35.5. The van der Waals surface area contributed by atoms with E-state index in [0.717, 1.165) is 25.9 Å². The van der Waals surface area contributed by atoms with Crippen molar-refractivity contribution in [3.63, 3.8) is 0 Å². The van der Waals surface area contributed by atoms with Gasteiger partial charge in [0.05, 0.1) is 0 Å². The molecule has 1 heterocycles. The Labute approximate surface area is 115 Å². The van der Waals surface area contributed by atoms with Crippen LogP contribution in [0, 0.1) is 5.92 Å². The summed E-state index contributed by atoms with van der Waals surface area (Å²) in [4.78, 5) is 13.6. The summed E-state index contributed by atoms with van der Waals surface area (Å²) in [5, 5.41) is 0. The van der Waals surface area contributed by atoms with Gasteiger partial charge in [0.25, 0.3) is 0 Å². The van der Waals surface area contributed by atoms with Crippen LogP contribution < -0.4 is 0 Å². The van der Waals surface area contributed by atoms with Crippen LogP contribution in [-0.4, -0.2) is 49.3 Å². The lowest BCUT2D eigenvalue weighted by atomic mass is 10.1. The number of hydrogen-bond acceptors (Lipinski definition) is 3. The molecule has 4 nitrogen and oxygen atoms in total. The third-order valence-corrected chi connectivity index (χ3v) is 3.52. The quantitative estimate of drug-likeness (QED) is 0.479. The smallest absolute Gasteiger partial charge is 0.222 e. The van der Waals surface area contributed by atoms with Crippen LogP contribution in [0.1, 0.15) is 33.1 Å². The Morgan fingerprint density at radius 3 is 2.56 bits per heavy atom. The van der Waals surface area contributed by atoms with Crippen LogP contribution in [-0.2, 0) is 14.3 Å². The lowest BCUT2D eigenvalue weighted by molar-refractivity contribution is -0.141. The van der Waals surface area contributed by atoms with E-state index in [1.165, 1.54) is 0 Å². The maximum Gasteiger partial charge on any atom is 0.222 e. The van der Waals surface area contributed by atoms with Crippen molar-refractivity contribution >= 4 is 17.5 Å². The minimum atomic E-state index is -0.137. The highest BCUT2D eigenvalue weighted by Crippen LogP contribution is 2.19. The molecule has 106 valence electrons. The van der Waals surface area contributed by atoms with Crippen LogP contribution in [0.25, 0.3) is 0 Å². The van der Waals surface area contributed by atoms with E-state index in [-0.39, 0.29) is 12.2 Å². The number of alkyl halides is 1. The second-order valence-corrected chi connectivity index (χ2v) is 4.86. The van der Waals surface area contributed by atoms with Crippen LogP contribution in [0.4, 0.5) is 0 Å². The van der Waals surface area contributed by atoms with E-state index in [4.69, 9.17) is 21.1 Å². The summed E-state index contributed by atoms with van der Waals surface area (Å²) >= 11 is 5.79. The maximum absolute atomic E-state index is 11.7. The molecule has 0 aliphatic carbocycles. The molecule has 18 heavy (non-hydrogen) atoms. The van der Waals surface area contributed by atoms with Gasteiger partial charge in [-0.3, -0.25) is 4.79 Å². The van der Waals surface area contributed by atoms with Gasteiger partial charge in [-0.25, -0.2) is 0 Å². The fourth-order valence-electron chi connectivity index (χ4n) is 2.21. The molecule has 0 radical (unpaired) electrons. The Morgan fingerprint density at radius 2 is 2.06 bits per heavy atom. The minimum Gasteiger partial charge on any atom is -0.353 e. The van der Waals surface area contributed by atoms with Crippen molar-refractivity contribution in [1.82, 2.24) is 4.90 Å². The molecule has 0 N–H and O–H groups in total. The zero-order valence-electron chi connectivity index (χ0n) is 11.4. The fraction of sp³-hybridized carbons (Fsp3) is 0.923. The SMILES string of the molecule is CCOC(CCCN1CC(CCl)CC1=O)OCC. The van der Waals surface area contributed by atoms with Gasteiger partial charge >= 0.3 is 0 Å². The van der Waals surface area contributed by atoms with Gasteiger partial charge in [0.2, 0.25) is 5.91 Å². The molecular formula is C13H24ClNO3. The Bertz CT molecular complexity index is 244. The number of hydrogen-bond donors (Lipinski definition) is 0. The van der Waals surface area contributed by atoms with E-state index in [9.17, 15) is 4.79 Å². The third-order valence-electron chi connectivity index (χ3n) is 3.09. The van der Waals surface area contributed by atoms with Crippen molar-refractivity contribution in [2.24, 2.45) is 5.92 Å². The highest BCUT2D eigenvalue weighted by molar-refractivity contribution is 6.18. The zero-order valence-corrected chi connectivity index (χ0v) is 12.1. The summed E-state index contributed by atoms with van der Waals surface area (Å²) in [5.74, 6) is 1.13. The summed E-state index contributed by atoms with van der Waals surface area (Å²) in [6.07, 6.45) is 2.20. The number of rotatable bonds is 9. The van der Waals surface area contributed by atoms with E-state index < -0.39 is 0 Å². The van der Waals surface area contributed by atoms with Crippen LogP contribution in [0.2, 0.25) is 0 Å². The van der Waals surface area contributed by atoms with Gasteiger partial charge in [-0.15, -0.1) is 11.6 Å². The summed E-state index contributed by atoms with van der Waals surface area (Å²) in [6, 6.07) is 0. The number of ether oxygens (including phenoxy) is 2. The number of carbonyl (C=O) groups excluding carboxylic acids is 1. The predicted molar refractivity (Wildman–Crippen MR) is 71.7 cm³/mol. The summed E-state index contributed by atoms with van der Waals surface area (Å²) in [6.45, 7) is 6.81. The molecule has 1 atom stereocenters. The number of likely N-dealkylation sites (tertiary alicyclic amines) is 1. The Kier molecular flexibility index (Phi) is 7.63. The third kappa shape index (κ3) is 5.12. The summed E-state index contributed by atoms with van der Waals surface area (Å²) in [7, 11) is 0. The first-order valence-corrected chi connectivity index (χ1v) is 7.31. The molecule has 1 aliphatic heterocycles. The van der Waals surface area contributed by atoms with Gasteiger partial charge in [-0.1, -0.05) is 0 Å². The van der Waals surface area contributed by atoms with Gasteiger partial charge in [0.15, 0.2) is 6.29 Å². The molecule has 1 rings (SSSR count). The van der Waals surface area contributed by atoms with E-state index >= 15 is 0 Å². The average Bonchev–Trinajstić information content (AvgIpc) is 2.71. The number of amides is 1. The number of carbonyl (C=O) groups is 1. The van der Waals surface area contributed by atoms with Crippen molar-refractivity contribution in [3.05, 3.63) is 0 Å². The normalized spacial score (nSPS) is 20.1. The molecule has 1 fully saturated rings. The second-order valence-electron chi connectivity index (χ2n) is 4.55. The van der Waals surface area contributed by atoms with Crippen molar-refractivity contribution in [2.45, 2.75) is 39.4 Å². The molecular weight excluding hydrogens is 254 g/mol. The van der Waals surface area contributed by atoms with Crippen LogP contribution in [0.5, 0.6) is 0 Å². The van der Waals surface area contributed by atoms with Gasteiger partial charge in [0.1, 0.15) is 0 Å². The van der Waals surface area contributed by atoms with E-state index in [2.05, 4.69) is 0 Å². The molecule has 0 aromatic carbocycles. The average molecular weight is 278 g/mol. The highest BCUT2D eigenvalue weighted by Gasteiger charge is 2.28. The largest absolute Gasteiger partial charge is 0.353 e. The predicted octanol–water partition coefficient (Wildman–Crippen LogP) is 2.25. The van der Waals surface area contributed by atoms with Gasteiger partial charge in [-0.2, -0.15) is 0 Å². The fourth-order valence-corrected chi connectivity index (χ4v) is 2.42. The van der Waals surface area contributed by atoms with E-state index in [1.54, 1.807) is 0 Å². The molecule has 0 aromatic rings. The monoisotopic (exact) mass is 277 g/mol. The lowest BCUT2D eigenvalue weighted by Crippen LogP contribution is -2.28. The van der Waals surface area contributed by atoms with E-state index in [1.807, 2.05) is 18.7 Å². The molecule has 0 aromatic heterocycles. The summed E-state index contributed by atoms with van der Waals surface area (Å²) < 4.78 is 10.9. The molecule has 1 unspecified atom stereocenters. The van der Waals surface area contributed by atoms with Crippen molar-refractivity contribution in [2.75, 3.05) is 32.2 Å². The van der Waals surface area contributed by atoms with Crippen LogP contribution >= 0.6 is 11.6 Å². The molecule has 0 saturated carbocycles. The second kappa shape index (κ2) is 8.73. The Balaban J connectivity index is 2.21. The van der Waals surface area contributed by atoms with Crippen LogP contribution in [0.3, 0.4) is 0 Å².